The molecule has 0 spiro atoms. The van der Waals surface area contributed by atoms with Crippen molar-refractivity contribution in [1.82, 2.24) is 9.80 Å². The summed E-state index contributed by atoms with van der Waals surface area (Å²) in [5.41, 5.74) is 5.22. The second-order valence-corrected chi connectivity index (χ2v) is 13.5. The predicted molar refractivity (Wildman–Crippen MR) is 185 cm³/mol. The van der Waals surface area contributed by atoms with Crippen LogP contribution in [0.25, 0.3) is 16.8 Å². The predicted octanol–water partition coefficient (Wildman–Crippen LogP) is 6.46. The summed E-state index contributed by atoms with van der Waals surface area (Å²) in [4.78, 5) is 31.8. The first-order chi connectivity index (χ1) is 22.8. The van der Waals surface area contributed by atoms with Gasteiger partial charge in [-0.1, -0.05) is 91.7 Å². The molecule has 2 aliphatic heterocycles. The van der Waals surface area contributed by atoms with Gasteiger partial charge in [0.25, 0.3) is 0 Å². The summed E-state index contributed by atoms with van der Waals surface area (Å²) in [5, 5.41) is 34.5. The molecule has 2 saturated heterocycles. The quantitative estimate of drug-likeness (QED) is 0.165. The van der Waals surface area contributed by atoms with E-state index in [-0.39, 0.29) is 30.2 Å². The van der Waals surface area contributed by atoms with Gasteiger partial charge in [-0.3, -0.25) is 19.4 Å². The van der Waals surface area contributed by atoms with Gasteiger partial charge in [-0.25, -0.2) is 0 Å². The summed E-state index contributed by atoms with van der Waals surface area (Å²) in [6.45, 7) is 6.37. The van der Waals surface area contributed by atoms with E-state index in [1.54, 1.807) is 11.0 Å². The van der Waals surface area contributed by atoms with Gasteiger partial charge in [0.15, 0.2) is 0 Å². The molecule has 2 amide bonds. The first kappa shape index (κ1) is 33.1. The van der Waals surface area contributed by atoms with Crippen molar-refractivity contribution in [2.75, 3.05) is 19.7 Å². The van der Waals surface area contributed by atoms with Crippen LogP contribution in [0.5, 0.6) is 5.75 Å². The lowest BCUT2D eigenvalue weighted by Gasteiger charge is -2.37. The third-order valence-corrected chi connectivity index (χ3v) is 10.9. The molecule has 2 fully saturated rings. The number of benzene rings is 3. The van der Waals surface area contributed by atoms with Crippen LogP contribution in [-0.2, 0) is 16.1 Å². The van der Waals surface area contributed by atoms with Gasteiger partial charge in [0, 0.05) is 37.0 Å². The molecule has 3 aromatic carbocycles. The van der Waals surface area contributed by atoms with Crippen LogP contribution in [0, 0.1) is 17.8 Å². The molecule has 0 radical (unpaired) electrons. The summed E-state index contributed by atoms with van der Waals surface area (Å²) in [6, 6.07) is 21.7. The SMILES string of the molecule is CCC1=C([C@H](O)CC/C(=C/c2ccc(O)c3ccccc23)CC)[C@H](CO)[C@@H]2C(=O)N(C3CCN(Cc4ccccc4)CC3)C(=O)[C@@H]2C1. The number of aliphatic hydroxyl groups excluding tert-OH is 2. The number of likely N-dealkylation sites (tertiary alicyclic amines) is 2. The van der Waals surface area contributed by atoms with E-state index in [1.165, 1.54) is 11.1 Å². The number of imide groups is 1. The number of nitrogens with zero attached hydrogens (tertiary/aromatic N) is 2. The molecule has 1 aliphatic carbocycles. The van der Waals surface area contributed by atoms with Gasteiger partial charge in [0.2, 0.25) is 11.8 Å². The molecule has 3 N–H and O–H groups in total. The highest BCUT2D eigenvalue weighted by atomic mass is 16.3. The number of fused-ring (bicyclic) bond motifs is 2. The van der Waals surface area contributed by atoms with Crippen LogP contribution in [0.4, 0.5) is 0 Å². The van der Waals surface area contributed by atoms with E-state index in [2.05, 4.69) is 30.0 Å². The lowest BCUT2D eigenvalue weighted by Crippen LogP contribution is -2.47. The Morgan fingerprint density at radius 1 is 0.936 bits per heavy atom. The summed E-state index contributed by atoms with van der Waals surface area (Å²) in [7, 11) is 0. The summed E-state index contributed by atoms with van der Waals surface area (Å²) in [5.74, 6) is -1.68. The van der Waals surface area contributed by atoms with Crippen molar-refractivity contribution in [2.24, 2.45) is 17.8 Å². The van der Waals surface area contributed by atoms with E-state index in [0.29, 0.717) is 25.7 Å². The zero-order valence-corrected chi connectivity index (χ0v) is 27.6. The molecule has 0 bridgehead atoms. The van der Waals surface area contributed by atoms with E-state index in [4.69, 9.17) is 0 Å². The Morgan fingerprint density at radius 3 is 2.32 bits per heavy atom. The Bertz CT molecular complexity index is 1660. The Labute approximate surface area is 278 Å². The van der Waals surface area contributed by atoms with Crippen molar-refractivity contribution >= 4 is 28.7 Å². The number of allylic oxidation sites excluding steroid dienone is 2. The standard InChI is InChI=1S/C40H48N2O5/c1-3-26(22-29-15-17-35(44)32-13-9-8-12-31(29)32)14-16-36(45)37-28(4-2)23-33-38(34(37)25-43)40(47)42(39(33)46)30-18-20-41(21-19-30)24-27-10-6-5-7-11-27/h5-13,15,17,22,30,33-34,36,38,43-45H,3-4,14,16,18-21,23-25H2,1-2H3/b26-22+/t33-,34+,36-,38-/m1/s1. The molecule has 2 heterocycles. The van der Waals surface area contributed by atoms with Crippen LogP contribution >= 0.6 is 0 Å². The molecule has 4 atom stereocenters. The highest BCUT2D eigenvalue weighted by Crippen LogP contribution is 2.48. The Morgan fingerprint density at radius 2 is 1.64 bits per heavy atom. The fraction of sp³-hybridized carbons (Fsp3) is 0.450. The maximum absolute atomic E-state index is 14.1. The second-order valence-electron chi connectivity index (χ2n) is 13.5. The van der Waals surface area contributed by atoms with Crippen LogP contribution in [0.2, 0.25) is 0 Å². The molecule has 6 rings (SSSR count). The minimum absolute atomic E-state index is 0.100. The minimum atomic E-state index is -0.812. The molecule has 7 heteroatoms. The summed E-state index contributed by atoms with van der Waals surface area (Å²) < 4.78 is 0. The smallest absolute Gasteiger partial charge is 0.234 e. The van der Waals surface area contributed by atoms with Gasteiger partial charge in [-0.05, 0) is 73.1 Å². The number of piperidine rings is 1. The van der Waals surface area contributed by atoms with E-state index in [1.807, 2.05) is 55.5 Å². The maximum Gasteiger partial charge on any atom is 0.234 e. The summed E-state index contributed by atoms with van der Waals surface area (Å²) >= 11 is 0. The van der Waals surface area contributed by atoms with Gasteiger partial charge in [0.05, 0.1) is 24.5 Å². The third kappa shape index (κ3) is 6.67. The highest BCUT2D eigenvalue weighted by Gasteiger charge is 2.56. The minimum Gasteiger partial charge on any atom is -0.507 e. The Kier molecular flexibility index (Phi) is 10.3. The van der Waals surface area contributed by atoms with Crippen molar-refractivity contribution in [2.45, 2.75) is 77.5 Å². The monoisotopic (exact) mass is 636 g/mol. The third-order valence-electron chi connectivity index (χ3n) is 10.9. The average Bonchev–Trinajstić information content (AvgIpc) is 3.35. The number of carbonyl (C=O) groups excluding carboxylic acids is 2. The van der Waals surface area contributed by atoms with Gasteiger partial charge in [-0.15, -0.1) is 0 Å². The van der Waals surface area contributed by atoms with Gasteiger partial charge >= 0.3 is 0 Å². The van der Waals surface area contributed by atoms with E-state index in [0.717, 1.165) is 66.4 Å². The topological polar surface area (TPSA) is 101 Å². The molecule has 3 aromatic rings. The zero-order valence-electron chi connectivity index (χ0n) is 27.6. The van der Waals surface area contributed by atoms with Crippen molar-refractivity contribution in [3.8, 4) is 5.75 Å². The molecule has 0 aromatic heterocycles. The fourth-order valence-corrected chi connectivity index (χ4v) is 8.34. The van der Waals surface area contributed by atoms with Crippen LogP contribution in [0.3, 0.4) is 0 Å². The fourth-order valence-electron chi connectivity index (χ4n) is 8.34. The van der Waals surface area contributed by atoms with E-state index < -0.39 is 23.9 Å². The maximum atomic E-state index is 14.1. The Hall–Kier alpha value is -3.78. The normalized spacial score (nSPS) is 23.5. The molecule has 7 nitrogen and oxygen atoms in total. The van der Waals surface area contributed by atoms with Gasteiger partial charge in [0.1, 0.15) is 5.75 Å². The molecular weight excluding hydrogens is 588 g/mol. The van der Waals surface area contributed by atoms with Crippen molar-refractivity contribution in [3.63, 3.8) is 0 Å². The van der Waals surface area contributed by atoms with E-state index >= 15 is 0 Å². The lowest BCUT2D eigenvalue weighted by atomic mass is 9.67. The number of aliphatic hydroxyl groups is 2. The molecule has 47 heavy (non-hydrogen) atoms. The average molecular weight is 637 g/mol. The van der Waals surface area contributed by atoms with Crippen molar-refractivity contribution < 1.29 is 24.9 Å². The van der Waals surface area contributed by atoms with Crippen molar-refractivity contribution in [3.05, 3.63) is 94.6 Å². The number of hydrogen-bond donors (Lipinski definition) is 3. The van der Waals surface area contributed by atoms with Crippen LogP contribution in [-0.4, -0.2) is 68.8 Å². The lowest BCUT2D eigenvalue weighted by molar-refractivity contribution is -0.144. The Balaban J connectivity index is 1.15. The number of hydrogen-bond acceptors (Lipinski definition) is 6. The van der Waals surface area contributed by atoms with Crippen molar-refractivity contribution in [1.29, 1.82) is 0 Å². The number of phenols is 1. The number of aromatic hydroxyl groups is 1. The molecule has 0 saturated carbocycles. The molecular formula is C40H48N2O5. The van der Waals surface area contributed by atoms with Gasteiger partial charge in [-0.2, -0.15) is 0 Å². The molecule has 248 valence electrons. The van der Waals surface area contributed by atoms with E-state index in [9.17, 15) is 24.9 Å². The largest absolute Gasteiger partial charge is 0.507 e. The number of phenolic OH excluding ortho intramolecular Hbond substituents is 1. The first-order valence-corrected chi connectivity index (χ1v) is 17.4. The summed E-state index contributed by atoms with van der Waals surface area (Å²) in [6.07, 6.45) is 5.89. The second kappa shape index (κ2) is 14.5. The first-order valence-electron chi connectivity index (χ1n) is 17.4. The molecule has 3 aliphatic rings. The van der Waals surface area contributed by atoms with Crippen LogP contribution < -0.4 is 0 Å². The van der Waals surface area contributed by atoms with Crippen LogP contribution in [0.15, 0.2) is 83.4 Å². The van der Waals surface area contributed by atoms with Crippen LogP contribution in [0.1, 0.15) is 69.9 Å². The number of rotatable bonds is 11. The molecule has 0 unspecified atom stereocenters. The highest BCUT2D eigenvalue weighted by molar-refractivity contribution is 6.06. The zero-order chi connectivity index (χ0) is 33.1. The number of carbonyl (C=O) groups is 2. The van der Waals surface area contributed by atoms with Gasteiger partial charge < -0.3 is 15.3 Å². The number of amides is 2.